The third kappa shape index (κ3) is 3.75. The highest BCUT2D eigenvalue weighted by atomic mass is 15.1. The van der Waals surface area contributed by atoms with Crippen LogP contribution in [-0.4, -0.2) is 29.1 Å². The quantitative estimate of drug-likeness (QED) is 0.214. The van der Waals surface area contributed by atoms with E-state index in [1.807, 2.05) is 61.1 Å². The molecule has 0 saturated carbocycles. The van der Waals surface area contributed by atoms with Crippen LogP contribution in [0.2, 0.25) is 0 Å². The number of fused-ring (bicyclic) bond motifs is 6. The number of pyridine rings is 4. The molecule has 0 amide bonds. The van der Waals surface area contributed by atoms with Crippen LogP contribution in [0.3, 0.4) is 0 Å². The zero-order valence-corrected chi connectivity index (χ0v) is 23.5. The van der Waals surface area contributed by atoms with E-state index >= 15 is 0 Å². The minimum Gasteiger partial charge on any atom is -0.294 e. The van der Waals surface area contributed by atoms with Crippen molar-refractivity contribution in [3.63, 3.8) is 0 Å². The molecule has 6 heteroatoms. The molecule has 6 aromatic heterocycles. The smallest absolute Gasteiger partial charge is 0.149 e. The number of nitrogens with zero attached hydrogens (tertiary/aromatic N) is 6. The second-order valence-electron chi connectivity index (χ2n) is 10.8. The number of rotatable bonds is 4. The van der Waals surface area contributed by atoms with Crippen molar-refractivity contribution in [1.82, 2.24) is 29.1 Å². The first-order valence-corrected chi connectivity index (χ1v) is 14.6. The Balaban J connectivity index is 1.29. The Labute approximate surface area is 252 Å². The molecular weight excluding hydrogens is 540 g/mol. The third-order valence-electron chi connectivity index (χ3n) is 8.30. The van der Waals surface area contributed by atoms with E-state index in [9.17, 15) is 0 Å². The van der Waals surface area contributed by atoms with Gasteiger partial charge in [-0.3, -0.25) is 24.1 Å². The Morgan fingerprint density at radius 2 is 0.955 bits per heavy atom. The Bertz CT molecular complexity index is 2290. The normalized spacial score (nSPS) is 11.6. The van der Waals surface area contributed by atoms with E-state index < -0.39 is 0 Å². The van der Waals surface area contributed by atoms with Crippen molar-refractivity contribution in [2.75, 3.05) is 0 Å². The van der Waals surface area contributed by atoms with Crippen LogP contribution < -0.4 is 0 Å². The maximum atomic E-state index is 5.43. The SMILES string of the molecule is c1ccc(-c2ccc(-n3c4ccccc4c4cc5c6ncccc6n(-c6ccc(-c7ccccn7)cc6)c5nc43)cc2)nc1. The topological polar surface area (TPSA) is 61.4 Å². The van der Waals surface area contributed by atoms with E-state index in [0.29, 0.717) is 0 Å². The molecule has 0 unspecified atom stereocenters. The zero-order valence-electron chi connectivity index (χ0n) is 23.5. The summed E-state index contributed by atoms with van der Waals surface area (Å²) >= 11 is 0. The van der Waals surface area contributed by atoms with Crippen molar-refractivity contribution < 1.29 is 0 Å². The lowest BCUT2D eigenvalue weighted by molar-refractivity contribution is 1.11. The summed E-state index contributed by atoms with van der Waals surface area (Å²) in [5.41, 5.74) is 10.9. The molecule has 0 aliphatic rings. The molecule has 0 radical (unpaired) electrons. The van der Waals surface area contributed by atoms with Gasteiger partial charge in [-0.15, -0.1) is 0 Å². The molecule has 0 aliphatic carbocycles. The van der Waals surface area contributed by atoms with Crippen molar-refractivity contribution >= 4 is 44.0 Å². The first-order chi connectivity index (χ1) is 21.8. The molecule has 3 aromatic carbocycles. The average Bonchev–Trinajstić information content (AvgIpc) is 3.60. The van der Waals surface area contributed by atoms with Crippen LogP contribution in [-0.2, 0) is 0 Å². The van der Waals surface area contributed by atoms with Gasteiger partial charge in [0.15, 0.2) is 0 Å². The van der Waals surface area contributed by atoms with Gasteiger partial charge < -0.3 is 0 Å². The van der Waals surface area contributed by atoms with Gasteiger partial charge in [-0.2, -0.15) is 0 Å². The zero-order chi connectivity index (χ0) is 29.0. The maximum absolute atomic E-state index is 5.43. The fraction of sp³-hybridized carbons (Fsp3) is 0. The number of hydrogen-bond donors (Lipinski definition) is 0. The lowest BCUT2D eigenvalue weighted by atomic mass is 10.1. The Kier molecular flexibility index (Phi) is 5.40. The van der Waals surface area contributed by atoms with Gasteiger partial charge in [0.05, 0.1) is 27.9 Å². The summed E-state index contributed by atoms with van der Waals surface area (Å²) in [7, 11) is 0. The standard InChI is InChI=1S/C38H24N6/c1-2-11-34-29(8-1)30-24-31-36-35(12-7-23-41-36)44(28-19-15-26(16-20-28)33-10-4-6-22-40-33)38(31)42-37(30)43(34)27-17-13-25(14-18-27)32-9-3-5-21-39-32/h1-24H. The van der Waals surface area contributed by atoms with Crippen LogP contribution in [0.4, 0.5) is 0 Å². The predicted octanol–water partition coefficient (Wildman–Crippen LogP) is 8.79. The highest BCUT2D eigenvalue weighted by Gasteiger charge is 2.20. The van der Waals surface area contributed by atoms with Crippen LogP contribution in [0.15, 0.2) is 146 Å². The Hall–Kier alpha value is -6.14. The average molecular weight is 565 g/mol. The number of hydrogen-bond acceptors (Lipinski definition) is 4. The molecule has 6 heterocycles. The summed E-state index contributed by atoms with van der Waals surface area (Å²) < 4.78 is 4.47. The van der Waals surface area contributed by atoms with Gasteiger partial charge in [0, 0.05) is 57.3 Å². The van der Waals surface area contributed by atoms with Crippen molar-refractivity contribution in [2.45, 2.75) is 0 Å². The van der Waals surface area contributed by atoms with Crippen LogP contribution >= 0.6 is 0 Å². The summed E-state index contributed by atoms with van der Waals surface area (Å²) in [6, 6.07) is 43.9. The summed E-state index contributed by atoms with van der Waals surface area (Å²) in [5.74, 6) is 0. The molecule has 0 saturated heterocycles. The second-order valence-corrected chi connectivity index (χ2v) is 10.8. The van der Waals surface area contributed by atoms with Crippen molar-refractivity contribution in [1.29, 1.82) is 0 Å². The molecule has 0 fully saturated rings. The van der Waals surface area contributed by atoms with Gasteiger partial charge in [-0.1, -0.05) is 54.6 Å². The van der Waals surface area contributed by atoms with Gasteiger partial charge in [0.2, 0.25) is 0 Å². The monoisotopic (exact) mass is 564 g/mol. The fourth-order valence-corrected chi connectivity index (χ4v) is 6.27. The van der Waals surface area contributed by atoms with Gasteiger partial charge in [-0.25, -0.2) is 4.98 Å². The molecule has 6 nitrogen and oxygen atoms in total. The molecule has 44 heavy (non-hydrogen) atoms. The number of benzene rings is 3. The van der Waals surface area contributed by atoms with E-state index in [0.717, 1.165) is 77.9 Å². The Morgan fingerprint density at radius 1 is 0.409 bits per heavy atom. The predicted molar refractivity (Wildman–Crippen MR) is 177 cm³/mol. The van der Waals surface area contributed by atoms with Crippen LogP contribution in [0.1, 0.15) is 0 Å². The van der Waals surface area contributed by atoms with Gasteiger partial charge in [-0.05, 0) is 72.8 Å². The van der Waals surface area contributed by atoms with E-state index in [2.05, 4.69) is 104 Å². The maximum Gasteiger partial charge on any atom is 0.149 e. The lowest BCUT2D eigenvalue weighted by Crippen LogP contribution is -1.99. The van der Waals surface area contributed by atoms with Crippen LogP contribution in [0, 0.1) is 0 Å². The highest BCUT2D eigenvalue weighted by molar-refractivity contribution is 6.15. The van der Waals surface area contributed by atoms with Gasteiger partial charge >= 0.3 is 0 Å². The molecule has 206 valence electrons. The lowest BCUT2D eigenvalue weighted by Gasteiger charge is -2.10. The van der Waals surface area contributed by atoms with E-state index in [-0.39, 0.29) is 0 Å². The molecule has 0 bridgehead atoms. The summed E-state index contributed by atoms with van der Waals surface area (Å²) in [4.78, 5) is 19.3. The molecule has 9 aromatic rings. The van der Waals surface area contributed by atoms with Crippen molar-refractivity contribution in [2.24, 2.45) is 0 Å². The van der Waals surface area contributed by atoms with Gasteiger partial charge in [0.25, 0.3) is 0 Å². The minimum absolute atomic E-state index is 0.867. The molecule has 0 spiro atoms. The number of para-hydroxylation sites is 1. The Morgan fingerprint density at radius 3 is 1.59 bits per heavy atom. The van der Waals surface area contributed by atoms with Gasteiger partial charge in [0.1, 0.15) is 11.3 Å². The molecular formula is C38H24N6. The van der Waals surface area contributed by atoms with E-state index in [1.54, 1.807) is 0 Å². The summed E-state index contributed by atoms with van der Waals surface area (Å²) in [6.07, 6.45) is 5.50. The summed E-state index contributed by atoms with van der Waals surface area (Å²) in [6.45, 7) is 0. The molecule has 9 rings (SSSR count). The third-order valence-corrected chi connectivity index (χ3v) is 8.30. The molecule has 0 atom stereocenters. The highest BCUT2D eigenvalue weighted by Crippen LogP contribution is 2.37. The van der Waals surface area contributed by atoms with Crippen molar-refractivity contribution in [3.8, 4) is 33.9 Å². The molecule has 0 N–H and O–H groups in total. The van der Waals surface area contributed by atoms with Crippen molar-refractivity contribution in [3.05, 3.63) is 146 Å². The largest absolute Gasteiger partial charge is 0.294 e. The first-order valence-electron chi connectivity index (χ1n) is 14.6. The second kappa shape index (κ2) is 9.71. The summed E-state index contributed by atoms with van der Waals surface area (Å²) in [5, 5.41) is 3.27. The fourth-order valence-electron chi connectivity index (χ4n) is 6.27. The van der Waals surface area contributed by atoms with E-state index in [4.69, 9.17) is 9.97 Å². The number of aromatic nitrogens is 6. The minimum atomic E-state index is 0.867. The van der Waals surface area contributed by atoms with Crippen LogP contribution in [0.25, 0.3) is 77.9 Å². The molecule has 0 aliphatic heterocycles. The first kappa shape index (κ1) is 24.5. The van der Waals surface area contributed by atoms with Crippen LogP contribution in [0.5, 0.6) is 0 Å². The van der Waals surface area contributed by atoms with E-state index in [1.165, 1.54) is 0 Å².